The highest BCUT2D eigenvalue weighted by molar-refractivity contribution is 7.80. The predicted molar refractivity (Wildman–Crippen MR) is 111 cm³/mol. The minimum absolute atomic E-state index is 0.155. The minimum Gasteiger partial charge on any atom is -0.494 e. The molecule has 0 radical (unpaired) electrons. The van der Waals surface area contributed by atoms with Crippen molar-refractivity contribution in [2.24, 2.45) is 0 Å². The van der Waals surface area contributed by atoms with Gasteiger partial charge in [-0.15, -0.1) is 0 Å². The van der Waals surface area contributed by atoms with Gasteiger partial charge in [-0.1, -0.05) is 13.0 Å². The lowest BCUT2D eigenvalue weighted by Crippen LogP contribution is -2.34. The molecule has 0 aliphatic carbocycles. The van der Waals surface area contributed by atoms with Gasteiger partial charge in [0.15, 0.2) is 5.11 Å². The average Bonchev–Trinajstić information content (AvgIpc) is 2.62. The normalized spacial score (nSPS) is 10.0. The molecule has 0 atom stereocenters. The Bertz CT molecular complexity index is 835. The summed E-state index contributed by atoms with van der Waals surface area (Å²) in [5.41, 5.74) is 2.75. The van der Waals surface area contributed by atoms with E-state index in [4.69, 9.17) is 17.0 Å². The molecule has 0 unspecified atom stereocenters. The first-order valence-corrected chi connectivity index (χ1v) is 9.03. The molecule has 2 aromatic carbocycles. The second kappa shape index (κ2) is 9.68. The first-order chi connectivity index (χ1) is 12.9. The summed E-state index contributed by atoms with van der Waals surface area (Å²) in [5.74, 6) is 0.250. The molecule has 27 heavy (non-hydrogen) atoms. The summed E-state index contributed by atoms with van der Waals surface area (Å²) in [7, 11) is 0. The highest BCUT2D eigenvalue weighted by Gasteiger charge is 2.09. The molecule has 0 aromatic heterocycles. The number of aryl methyl sites for hydroxylation is 1. The molecule has 0 heterocycles. The number of anilines is 2. The van der Waals surface area contributed by atoms with E-state index in [-0.39, 0.29) is 16.9 Å². The number of benzene rings is 2. The van der Waals surface area contributed by atoms with Gasteiger partial charge in [0.05, 0.1) is 6.61 Å². The van der Waals surface area contributed by atoms with Gasteiger partial charge in [0.1, 0.15) is 5.75 Å². The van der Waals surface area contributed by atoms with Crippen LogP contribution in [0.4, 0.5) is 11.4 Å². The highest BCUT2D eigenvalue weighted by Crippen LogP contribution is 2.20. The van der Waals surface area contributed by atoms with Gasteiger partial charge in [-0.25, -0.2) is 0 Å². The van der Waals surface area contributed by atoms with E-state index in [0.717, 1.165) is 17.7 Å². The van der Waals surface area contributed by atoms with Crippen LogP contribution in [0.2, 0.25) is 0 Å². The van der Waals surface area contributed by atoms with E-state index in [2.05, 4.69) is 16.0 Å². The van der Waals surface area contributed by atoms with E-state index in [1.165, 1.54) is 6.92 Å². The van der Waals surface area contributed by atoms with Gasteiger partial charge in [-0.3, -0.25) is 14.9 Å². The van der Waals surface area contributed by atoms with Crippen molar-refractivity contribution in [2.45, 2.75) is 27.2 Å². The van der Waals surface area contributed by atoms with Crippen LogP contribution in [0, 0.1) is 6.92 Å². The van der Waals surface area contributed by atoms with Crippen molar-refractivity contribution in [3.05, 3.63) is 53.6 Å². The fourth-order valence-electron chi connectivity index (χ4n) is 2.28. The van der Waals surface area contributed by atoms with Crippen molar-refractivity contribution in [2.75, 3.05) is 17.2 Å². The number of amides is 2. The van der Waals surface area contributed by atoms with Crippen molar-refractivity contribution in [1.82, 2.24) is 5.32 Å². The Morgan fingerprint density at radius 2 is 1.78 bits per heavy atom. The van der Waals surface area contributed by atoms with Crippen LogP contribution >= 0.6 is 12.2 Å². The third kappa shape index (κ3) is 6.38. The molecule has 2 aromatic rings. The Hall–Kier alpha value is -2.93. The van der Waals surface area contributed by atoms with Gasteiger partial charge in [0, 0.05) is 23.9 Å². The van der Waals surface area contributed by atoms with Crippen molar-refractivity contribution < 1.29 is 14.3 Å². The number of hydrogen-bond acceptors (Lipinski definition) is 4. The maximum Gasteiger partial charge on any atom is 0.257 e. The summed E-state index contributed by atoms with van der Waals surface area (Å²) in [5, 5.41) is 8.50. The number of rotatable bonds is 6. The lowest BCUT2D eigenvalue weighted by molar-refractivity contribution is -0.114. The Morgan fingerprint density at radius 1 is 1.07 bits per heavy atom. The molecule has 0 spiro atoms. The van der Waals surface area contributed by atoms with Crippen LogP contribution in [0.3, 0.4) is 0 Å². The van der Waals surface area contributed by atoms with Gasteiger partial charge in [0.2, 0.25) is 5.91 Å². The van der Waals surface area contributed by atoms with E-state index in [1.807, 2.05) is 26.0 Å². The van der Waals surface area contributed by atoms with E-state index in [9.17, 15) is 9.59 Å². The zero-order chi connectivity index (χ0) is 19.8. The topological polar surface area (TPSA) is 79.5 Å². The van der Waals surface area contributed by atoms with Crippen LogP contribution < -0.4 is 20.7 Å². The molecular weight excluding hydrogens is 362 g/mol. The predicted octanol–water partition coefficient (Wildman–Crippen LogP) is 3.87. The molecule has 142 valence electrons. The number of carbonyl (C=O) groups is 2. The number of ether oxygens (including phenoxy) is 1. The van der Waals surface area contributed by atoms with Crippen molar-refractivity contribution in [3.63, 3.8) is 0 Å². The molecule has 3 N–H and O–H groups in total. The Kier molecular flexibility index (Phi) is 7.31. The Morgan fingerprint density at radius 3 is 2.41 bits per heavy atom. The summed E-state index contributed by atoms with van der Waals surface area (Å²) in [6.45, 7) is 6.01. The van der Waals surface area contributed by atoms with Crippen molar-refractivity contribution >= 4 is 40.5 Å². The van der Waals surface area contributed by atoms with E-state index in [1.54, 1.807) is 30.3 Å². The van der Waals surface area contributed by atoms with Gasteiger partial charge in [-0.05, 0) is 67.5 Å². The maximum absolute atomic E-state index is 12.3. The standard InChI is InChI=1S/C20H23N3O3S/c1-4-11-26-17-9-6-15(7-10-17)19(25)23-20(27)22-16-8-5-13(2)18(12-16)21-14(3)24/h5-10,12H,4,11H2,1-3H3,(H,21,24)(H2,22,23,25,27). The van der Waals surface area contributed by atoms with Crippen LogP contribution in [0.5, 0.6) is 5.75 Å². The van der Waals surface area contributed by atoms with Crippen LogP contribution in [0.1, 0.15) is 36.2 Å². The van der Waals surface area contributed by atoms with Gasteiger partial charge < -0.3 is 15.4 Å². The molecule has 0 aliphatic heterocycles. The lowest BCUT2D eigenvalue weighted by Gasteiger charge is -2.13. The highest BCUT2D eigenvalue weighted by atomic mass is 32.1. The zero-order valence-electron chi connectivity index (χ0n) is 15.6. The van der Waals surface area contributed by atoms with Crippen LogP contribution in [-0.2, 0) is 4.79 Å². The fourth-order valence-corrected chi connectivity index (χ4v) is 2.49. The quantitative estimate of drug-likeness (QED) is 0.658. The van der Waals surface area contributed by atoms with Crippen molar-refractivity contribution in [3.8, 4) is 5.75 Å². The number of hydrogen-bond donors (Lipinski definition) is 3. The number of carbonyl (C=O) groups excluding carboxylic acids is 2. The summed E-state index contributed by atoms with van der Waals surface area (Å²) >= 11 is 5.20. The molecule has 7 heteroatoms. The third-order valence-corrected chi connectivity index (χ3v) is 3.83. The number of thiocarbonyl (C=S) groups is 1. The Balaban J connectivity index is 1.96. The summed E-state index contributed by atoms with van der Waals surface area (Å²) in [4.78, 5) is 23.6. The summed E-state index contributed by atoms with van der Waals surface area (Å²) < 4.78 is 5.50. The molecule has 0 saturated heterocycles. The molecule has 6 nitrogen and oxygen atoms in total. The van der Waals surface area contributed by atoms with Crippen molar-refractivity contribution in [1.29, 1.82) is 0 Å². The minimum atomic E-state index is -0.316. The van der Waals surface area contributed by atoms with Crippen LogP contribution in [0.25, 0.3) is 0 Å². The smallest absolute Gasteiger partial charge is 0.257 e. The van der Waals surface area contributed by atoms with Gasteiger partial charge >= 0.3 is 0 Å². The summed E-state index contributed by atoms with van der Waals surface area (Å²) in [6.07, 6.45) is 0.921. The maximum atomic E-state index is 12.3. The molecule has 0 saturated carbocycles. The lowest BCUT2D eigenvalue weighted by atomic mass is 10.2. The molecule has 0 fully saturated rings. The SMILES string of the molecule is CCCOc1ccc(C(=O)NC(=S)Nc2ccc(C)c(NC(C)=O)c2)cc1. The number of nitrogens with one attached hydrogen (secondary N) is 3. The van der Waals surface area contributed by atoms with E-state index in [0.29, 0.717) is 23.5 Å². The van der Waals surface area contributed by atoms with Gasteiger partial charge in [-0.2, -0.15) is 0 Å². The summed E-state index contributed by atoms with van der Waals surface area (Å²) in [6, 6.07) is 12.3. The van der Waals surface area contributed by atoms with Gasteiger partial charge in [0.25, 0.3) is 5.91 Å². The Labute approximate surface area is 164 Å². The average molecular weight is 385 g/mol. The second-order valence-electron chi connectivity index (χ2n) is 5.99. The van der Waals surface area contributed by atoms with Crippen LogP contribution in [0.15, 0.2) is 42.5 Å². The monoisotopic (exact) mass is 385 g/mol. The van der Waals surface area contributed by atoms with Crippen LogP contribution in [-0.4, -0.2) is 23.5 Å². The third-order valence-electron chi connectivity index (χ3n) is 3.62. The fraction of sp³-hybridized carbons (Fsp3) is 0.250. The first-order valence-electron chi connectivity index (χ1n) is 8.62. The molecule has 2 rings (SSSR count). The zero-order valence-corrected chi connectivity index (χ0v) is 16.4. The molecular formula is C20H23N3O3S. The first kappa shape index (κ1) is 20.4. The van der Waals surface area contributed by atoms with E-state index < -0.39 is 0 Å². The second-order valence-corrected chi connectivity index (χ2v) is 6.40. The molecule has 2 amide bonds. The van der Waals surface area contributed by atoms with E-state index >= 15 is 0 Å². The largest absolute Gasteiger partial charge is 0.494 e. The molecule has 0 aliphatic rings. The molecule has 0 bridgehead atoms.